The first kappa shape index (κ1) is 22.4. The summed E-state index contributed by atoms with van der Waals surface area (Å²) in [5.74, 6) is -0.251. The van der Waals surface area contributed by atoms with Crippen LogP contribution in [0, 0.1) is 5.82 Å². The van der Waals surface area contributed by atoms with Gasteiger partial charge in [-0.2, -0.15) is 0 Å². The second-order valence-electron chi connectivity index (χ2n) is 8.64. The second-order valence-corrected chi connectivity index (χ2v) is 8.64. The smallest absolute Gasteiger partial charge is 0.254 e. The van der Waals surface area contributed by atoms with Crippen molar-refractivity contribution in [3.63, 3.8) is 0 Å². The van der Waals surface area contributed by atoms with Crippen LogP contribution in [0.2, 0.25) is 0 Å². The van der Waals surface area contributed by atoms with Gasteiger partial charge in [-0.05, 0) is 36.4 Å². The number of carbonyl (C=O) groups excluding carboxylic acids is 2. The minimum Gasteiger partial charge on any atom is -0.378 e. The van der Waals surface area contributed by atoms with E-state index in [1.165, 1.54) is 12.1 Å². The quantitative estimate of drug-likeness (QED) is 0.597. The first-order chi connectivity index (χ1) is 16.6. The molecule has 176 valence electrons. The number of morpholine rings is 1. The van der Waals surface area contributed by atoms with E-state index >= 15 is 0 Å². The number of rotatable bonds is 4. The van der Waals surface area contributed by atoms with Crippen molar-refractivity contribution >= 4 is 22.7 Å². The van der Waals surface area contributed by atoms with Gasteiger partial charge in [-0.25, -0.2) is 9.37 Å². The number of para-hydroxylation sites is 1. The van der Waals surface area contributed by atoms with Crippen LogP contribution in [0.15, 0.2) is 54.6 Å². The van der Waals surface area contributed by atoms with Crippen LogP contribution < -0.4 is 0 Å². The Kier molecular flexibility index (Phi) is 6.51. The van der Waals surface area contributed by atoms with Crippen LogP contribution in [0.1, 0.15) is 10.4 Å². The van der Waals surface area contributed by atoms with Gasteiger partial charge in [0.15, 0.2) is 0 Å². The van der Waals surface area contributed by atoms with Gasteiger partial charge in [-0.3, -0.25) is 14.5 Å². The molecule has 3 aromatic rings. The lowest BCUT2D eigenvalue weighted by molar-refractivity contribution is -0.136. The zero-order chi connectivity index (χ0) is 23.5. The average Bonchev–Trinajstić information content (AvgIpc) is 2.89. The van der Waals surface area contributed by atoms with E-state index in [1.54, 1.807) is 18.2 Å². The van der Waals surface area contributed by atoms with E-state index in [9.17, 15) is 14.0 Å². The number of piperazine rings is 1. The van der Waals surface area contributed by atoms with Gasteiger partial charge in [0, 0.05) is 50.2 Å². The molecule has 0 radical (unpaired) electrons. The number of nitrogens with zero attached hydrogens (tertiary/aromatic N) is 4. The predicted molar refractivity (Wildman–Crippen MR) is 127 cm³/mol. The van der Waals surface area contributed by atoms with Crippen molar-refractivity contribution < 1.29 is 18.7 Å². The lowest BCUT2D eigenvalue weighted by atomic mass is 10.0. The van der Waals surface area contributed by atoms with Crippen LogP contribution in [-0.4, -0.2) is 90.5 Å². The van der Waals surface area contributed by atoms with Crippen molar-refractivity contribution in [1.29, 1.82) is 0 Å². The van der Waals surface area contributed by atoms with Gasteiger partial charge < -0.3 is 14.5 Å². The lowest BCUT2D eigenvalue weighted by Crippen LogP contribution is -2.52. The van der Waals surface area contributed by atoms with Gasteiger partial charge in [-0.1, -0.05) is 18.2 Å². The van der Waals surface area contributed by atoms with Crippen molar-refractivity contribution in [2.24, 2.45) is 0 Å². The highest BCUT2D eigenvalue weighted by molar-refractivity contribution is 6.07. The Hall–Kier alpha value is -3.36. The molecule has 1 aromatic heterocycles. The number of aromatic nitrogens is 1. The van der Waals surface area contributed by atoms with Gasteiger partial charge in [0.05, 0.1) is 36.5 Å². The molecule has 2 aliphatic heterocycles. The topological polar surface area (TPSA) is 66.0 Å². The Balaban J connectivity index is 1.31. The Morgan fingerprint density at radius 3 is 2.32 bits per heavy atom. The fraction of sp³-hybridized carbons (Fsp3) is 0.346. The molecule has 2 aliphatic rings. The molecule has 0 spiro atoms. The molecule has 0 saturated carbocycles. The maximum atomic E-state index is 13.6. The van der Waals surface area contributed by atoms with Gasteiger partial charge in [0.1, 0.15) is 5.82 Å². The third kappa shape index (κ3) is 4.78. The van der Waals surface area contributed by atoms with Crippen molar-refractivity contribution in [2.45, 2.75) is 0 Å². The van der Waals surface area contributed by atoms with Crippen molar-refractivity contribution in [2.75, 3.05) is 59.0 Å². The SMILES string of the molecule is O=C(CN1CCN(C(=O)c2cc(-c3ccc(F)cc3)nc3ccccc23)CC1)N1CCOCC1. The number of ether oxygens (including phenoxy) is 1. The Labute approximate surface area is 197 Å². The van der Waals surface area contributed by atoms with Crippen LogP contribution in [0.4, 0.5) is 4.39 Å². The molecule has 0 atom stereocenters. The third-order valence-corrected chi connectivity index (χ3v) is 6.47. The van der Waals surface area contributed by atoms with Gasteiger partial charge in [0.2, 0.25) is 5.91 Å². The van der Waals surface area contributed by atoms with Crippen LogP contribution in [0.5, 0.6) is 0 Å². The predicted octanol–water partition coefficient (Wildman–Crippen LogP) is 2.66. The minimum atomic E-state index is -0.314. The van der Waals surface area contributed by atoms with Crippen molar-refractivity contribution in [3.05, 3.63) is 66.0 Å². The fourth-order valence-corrected chi connectivity index (χ4v) is 4.50. The Bertz CT molecular complexity index is 1190. The first-order valence-electron chi connectivity index (χ1n) is 11.6. The molecule has 0 N–H and O–H groups in total. The third-order valence-electron chi connectivity index (χ3n) is 6.47. The van der Waals surface area contributed by atoms with E-state index in [-0.39, 0.29) is 17.6 Å². The summed E-state index contributed by atoms with van der Waals surface area (Å²) in [5.41, 5.74) is 2.70. The molecule has 0 unspecified atom stereocenters. The Morgan fingerprint density at radius 2 is 1.59 bits per heavy atom. The number of halogens is 1. The van der Waals surface area contributed by atoms with E-state index in [4.69, 9.17) is 9.72 Å². The van der Waals surface area contributed by atoms with E-state index in [1.807, 2.05) is 34.1 Å². The lowest BCUT2D eigenvalue weighted by Gasteiger charge is -2.36. The van der Waals surface area contributed by atoms with Crippen molar-refractivity contribution in [1.82, 2.24) is 19.7 Å². The highest BCUT2D eigenvalue weighted by atomic mass is 19.1. The number of amides is 2. The van der Waals surface area contributed by atoms with E-state index in [0.717, 1.165) is 16.5 Å². The maximum Gasteiger partial charge on any atom is 0.254 e. The van der Waals surface area contributed by atoms with Crippen LogP contribution in [0.3, 0.4) is 0 Å². The molecule has 2 fully saturated rings. The normalized spacial score (nSPS) is 17.2. The highest BCUT2D eigenvalue weighted by Crippen LogP contribution is 2.26. The minimum absolute atomic E-state index is 0.0545. The van der Waals surface area contributed by atoms with E-state index in [0.29, 0.717) is 70.3 Å². The second kappa shape index (κ2) is 9.87. The summed E-state index contributed by atoms with van der Waals surface area (Å²) in [6.07, 6.45) is 0. The summed E-state index contributed by atoms with van der Waals surface area (Å²) in [5, 5.41) is 0.795. The summed E-state index contributed by atoms with van der Waals surface area (Å²) < 4.78 is 18.7. The molecule has 3 heterocycles. The summed E-state index contributed by atoms with van der Waals surface area (Å²) >= 11 is 0. The number of pyridine rings is 1. The molecular formula is C26H27FN4O3. The number of benzene rings is 2. The van der Waals surface area contributed by atoms with Crippen LogP contribution in [-0.2, 0) is 9.53 Å². The summed E-state index contributed by atoms with van der Waals surface area (Å²) in [6, 6.07) is 15.5. The molecule has 5 rings (SSSR count). The molecule has 7 nitrogen and oxygen atoms in total. The number of fused-ring (bicyclic) bond motifs is 1. The Morgan fingerprint density at radius 1 is 0.882 bits per heavy atom. The zero-order valence-corrected chi connectivity index (χ0v) is 19.0. The fourth-order valence-electron chi connectivity index (χ4n) is 4.50. The summed E-state index contributed by atoms with van der Waals surface area (Å²) in [6.45, 7) is 5.24. The average molecular weight is 463 g/mol. The van der Waals surface area contributed by atoms with Gasteiger partial charge in [-0.15, -0.1) is 0 Å². The van der Waals surface area contributed by atoms with Gasteiger partial charge in [0.25, 0.3) is 5.91 Å². The number of hydrogen-bond donors (Lipinski definition) is 0. The molecule has 2 saturated heterocycles. The molecule has 34 heavy (non-hydrogen) atoms. The molecule has 0 bridgehead atoms. The van der Waals surface area contributed by atoms with Crippen LogP contribution >= 0.6 is 0 Å². The van der Waals surface area contributed by atoms with Crippen LogP contribution in [0.25, 0.3) is 22.2 Å². The largest absolute Gasteiger partial charge is 0.378 e. The maximum absolute atomic E-state index is 13.6. The van der Waals surface area contributed by atoms with Gasteiger partial charge >= 0.3 is 0 Å². The zero-order valence-electron chi connectivity index (χ0n) is 19.0. The van der Waals surface area contributed by atoms with Crippen molar-refractivity contribution in [3.8, 4) is 11.3 Å². The molecule has 2 aromatic carbocycles. The molecular weight excluding hydrogens is 435 g/mol. The molecule has 2 amide bonds. The monoisotopic (exact) mass is 462 g/mol. The van der Waals surface area contributed by atoms with E-state index < -0.39 is 0 Å². The highest BCUT2D eigenvalue weighted by Gasteiger charge is 2.26. The standard InChI is InChI=1S/C26H27FN4O3/c27-20-7-5-19(6-8-20)24-17-22(21-3-1-2-4-23(21)28-24)26(33)31-11-9-29(10-12-31)18-25(32)30-13-15-34-16-14-30/h1-8,17H,9-16,18H2. The summed E-state index contributed by atoms with van der Waals surface area (Å²) in [4.78, 5) is 36.6. The molecule has 8 heteroatoms. The summed E-state index contributed by atoms with van der Waals surface area (Å²) in [7, 11) is 0. The molecule has 0 aliphatic carbocycles. The first-order valence-corrected chi connectivity index (χ1v) is 11.6. The number of carbonyl (C=O) groups is 2. The number of hydrogen-bond acceptors (Lipinski definition) is 5. The van der Waals surface area contributed by atoms with E-state index in [2.05, 4.69) is 4.90 Å².